The maximum absolute atomic E-state index is 12.8. The molecule has 1 aliphatic rings. The first-order valence-electron chi connectivity index (χ1n) is 8.30. The molecule has 0 bridgehead atoms. The molecule has 4 nitrogen and oxygen atoms in total. The number of thiophene rings is 1. The fourth-order valence-corrected chi connectivity index (χ4v) is 7.10. The SMILES string of the molecule is O=C(O)C[C@]1(c2ccc(/C=C/c3ccc(Cl)cc3)s2)CCCCS1(=O)=O. The first-order valence-corrected chi connectivity index (χ1v) is 11.2. The van der Waals surface area contributed by atoms with Crippen LogP contribution in [0.3, 0.4) is 0 Å². The molecule has 0 saturated carbocycles. The third-order valence-corrected chi connectivity index (χ3v) is 8.88. The van der Waals surface area contributed by atoms with Crippen molar-refractivity contribution in [2.75, 3.05) is 5.75 Å². The largest absolute Gasteiger partial charge is 0.481 e. The number of halogens is 1. The second kappa shape index (κ2) is 7.55. The van der Waals surface area contributed by atoms with Gasteiger partial charge >= 0.3 is 5.97 Å². The van der Waals surface area contributed by atoms with Crippen molar-refractivity contribution in [3.8, 4) is 0 Å². The van der Waals surface area contributed by atoms with E-state index in [0.29, 0.717) is 22.7 Å². The Morgan fingerprint density at radius 3 is 2.54 bits per heavy atom. The van der Waals surface area contributed by atoms with Gasteiger partial charge in [-0.1, -0.05) is 36.2 Å². The molecule has 0 spiro atoms. The number of benzene rings is 1. The van der Waals surface area contributed by atoms with Crippen LogP contribution in [-0.2, 0) is 19.4 Å². The van der Waals surface area contributed by atoms with Crippen LogP contribution < -0.4 is 0 Å². The molecule has 1 aliphatic heterocycles. The summed E-state index contributed by atoms with van der Waals surface area (Å²) in [6, 6.07) is 11.0. The van der Waals surface area contributed by atoms with Crippen LogP contribution in [0.1, 0.15) is 41.0 Å². The second-order valence-corrected chi connectivity index (χ2v) is 10.4. The summed E-state index contributed by atoms with van der Waals surface area (Å²) < 4.78 is 24.2. The number of aliphatic carboxylic acids is 1. The summed E-state index contributed by atoms with van der Waals surface area (Å²) in [4.78, 5) is 12.9. The molecule has 0 radical (unpaired) electrons. The highest BCUT2D eigenvalue weighted by molar-refractivity contribution is 7.92. The Hall–Kier alpha value is -1.63. The molecule has 138 valence electrons. The van der Waals surface area contributed by atoms with Crippen molar-refractivity contribution in [3.05, 3.63) is 56.7 Å². The molecule has 2 aromatic rings. The van der Waals surface area contributed by atoms with Gasteiger partial charge in [0, 0.05) is 14.8 Å². The lowest BCUT2D eigenvalue weighted by Crippen LogP contribution is -2.41. The van der Waals surface area contributed by atoms with E-state index < -0.39 is 20.6 Å². The van der Waals surface area contributed by atoms with Crippen LogP contribution in [0.2, 0.25) is 5.02 Å². The first kappa shape index (κ1) is 19.1. The summed E-state index contributed by atoms with van der Waals surface area (Å²) in [5.41, 5.74) is 0.981. The molecule has 1 aromatic heterocycles. The zero-order valence-corrected chi connectivity index (χ0v) is 16.4. The van der Waals surface area contributed by atoms with E-state index in [-0.39, 0.29) is 12.2 Å². The highest BCUT2D eigenvalue weighted by Crippen LogP contribution is 2.46. The van der Waals surface area contributed by atoms with E-state index in [1.54, 1.807) is 18.2 Å². The van der Waals surface area contributed by atoms with Gasteiger partial charge in [-0.25, -0.2) is 8.42 Å². The predicted octanol–water partition coefficient (Wildman–Crippen LogP) is 4.84. The van der Waals surface area contributed by atoms with E-state index in [0.717, 1.165) is 16.9 Å². The predicted molar refractivity (Wildman–Crippen MR) is 106 cm³/mol. The normalized spacial score (nSPS) is 22.5. The highest BCUT2D eigenvalue weighted by Gasteiger charge is 2.49. The van der Waals surface area contributed by atoms with Crippen molar-refractivity contribution in [1.29, 1.82) is 0 Å². The van der Waals surface area contributed by atoms with Gasteiger partial charge in [-0.05, 0) is 48.7 Å². The van der Waals surface area contributed by atoms with Gasteiger partial charge in [-0.15, -0.1) is 11.3 Å². The van der Waals surface area contributed by atoms with Crippen molar-refractivity contribution >= 4 is 50.9 Å². The third kappa shape index (κ3) is 3.87. The molecule has 3 rings (SSSR count). The van der Waals surface area contributed by atoms with Crippen LogP contribution in [0.5, 0.6) is 0 Å². The summed E-state index contributed by atoms with van der Waals surface area (Å²) in [5, 5.41) is 9.99. The van der Waals surface area contributed by atoms with Crippen molar-refractivity contribution in [1.82, 2.24) is 0 Å². The third-order valence-electron chi connectivity index (χ3n) is 4.66. The first-order chi connectivity index (χ1) is 12.3. The molecule has 0 aliphatic carbocycles. The van der Waals surface area contributed by atoms with Crippen LogP contribution in [0, 0.1) is 0 Å². The van der Waals surface area contributed by atoms with Gasteiger partial charge in [-0.2, -0.15) is 0 Å². The lowest BCUT2D eigenvalue weighted by Gasteiger charge is -2.34. The van der Waals surface area contributed by atoms with Crippen LogP contribution in [0.15, 0.2) is 36.4 Å². The second-order valence-electron chi connectivity index (χ2n) is 6.43. The molecule has 1 atom stereocenters. The molecule has 1 saturated heterocycles. The summed E-state index contributed by atoms with van der Waals surface area (Å²) in [6.07, 6.45) is 5.13. The summed E-state index contributed by atoms with van der Waals surface area (Å²) in [6.45, 7) is 0. The molecule has 1 fully saturated rings. The Morgan fingerprint density at radius 2 is 1.88 bits per heavy atom. The van der Waals surface area contributed by atoms with Gasteiger partial charge in [0.2, 0.25) is 0 Å². The maximum Gasteiger partial charge on any atom is 0.305 e. The number of rotatable bonds is 5. The minimum Gasteiger partial charge on any atom is -0.481 e. The van der Waals surface area contributed by atoms with Crippen LogP contribution in [0.25, 0.3) is 12.2 Å². The summed E-state index contributed by atoms with van der Waals surface area (Å²) in [5.74, 6) is -1.03. The molecule has 26 heavy (non-hydrogen) atoms. The lowest BCUT2D eigenvalue weighted by atomic mass is 9.95. The Morgan fingerprint density at radius 1 is 1.15 bits per heavy atom. The smallest absolute Gasteiger partial charge is 0.305 e. The van der Waals surface area contributed by atoms with Gasteiger partial charge < -0.3 is 5.11 Å². The molecular weight excluding hydrogens is 392 g/mol. The van der Waals surface area contributed by atoms with E-state index in [4.69, 9.17) is 11.6 Å². The standard InChI is InChI=1S/C19H19ClO4S2/c20-15-6-3-14(4-7-15)5-8-16-9-10-17(25-16)19(13-18(21)22)11-1-2-12-26(19,23)24/h3-10H,1-2,11-13H2,(H,21,22)/b8-5+/t19-/m0/s1. The monoisotopic (exact) mass is 410 g/mol. The Bertz CT molecular complexity index is 929. The number of hydrogen-bond donors (Lipinski definition) is 1. The number of hydrogen-bond acceptors (Lipinski definition) is 4. The Labute approximate surface area is 162 Å². The van der Waals surface area contributed by atoms with Gasteiger partial charge in [-0.3, -0.25) is 4.79 Å². The zero-order valence-electron chi connectivity index (χ0n) is 14.0. The van der Waals surface area contributed by atoms with Crippen LogP contribution in [-0.4, -0.2) is 25.2 Å². The summed E-state index contributed by atoms with van der Waals surface area (Å²) in [7, 11) is -3.50. The quantitative estimate of drug-likeness (QED) is 0.765. The molecule has 2 heterocycles. The fraction of sp³-hybridized carbons (Fsp3) is 0.316. The average Bonchev–Trinajstić information content (AvgIpc) is 3.05. The maximum atomic E-state index is 12.8. The van der Waals surface area contributed by atoms with E-state index in [2.05, 4.69) is 0 Å². The number of carboxylic acids is 1. The van der Waals surface area contributed by atoms with Crippen LogP contribution >= 0.6 is 22.9 Å². The van der Waals surface area contributed by atoms with Gasteiger partial charge in [0.05, 0.1) is 12.2 Å². The molecule has 0 unspecified atom stereocenters. The number of carboxylic acid groups (broad SMARTS) is 1. The lowest BCUT2D eigenvalue weighted by molar-refractivity contribution is -0.137. The van der Waals surface area contributed by atoms with Crippen molar-refractivity contribution in [2.24, 2.45) is 0 Å². The van der Waals surface area contributed by atoms with Crippen molar-refractivity contribution in [3.63, 3.8) is 0 Å². The van der Waals surface area contributed by atoms with Gasteiger partial charge in [0.15, 0.2) is 9.84 Å². The molecule has 1 N–H and O–H groups in total. The molecule has 1 aromatic carbocycles. The molecule has 7 heteroatoms. The van der Waals surface area contributed by atoms with E-state index >= 15 is 0 Å². The van der Waals surface area contributed by atoms with Crippen molar-refractivity contribution < 1.29 is 18.3 Å². The fourth-order valence-electron chi connectivity index (χ4n) is 3.30. The summed E-state index contributed by atoms with van der Waals surface area (Å²) >= 11 is 7.22. The van der Waals surface area contributed by atoms with Gasteiger partial charge in [0.25, 0.3) is 0 Å². The Balaban J connectivity index is 1.92. The minimum absolute atomic E-state index is 0.0497. The van der Waals surface area contributed by atoms with E-state index in [1.807, 2.05) is 30.4 Å². The van der Waals surface area contributed by atoms with E-state index in [1.165, 1.54) is 11.3 Å². The van der Waals surface area contributed by atoms with E-state index in [9.17, 15) is 18.3 Å². The highest BCUT2D eigenvalue weighted by atomic mass is 35.5. The topological polar surface area (TPSA) is 71.4 Å². The molecule has 0 amide bonds. The number of carbonyl (C=O) groups is 1. The minimum atomic E-state index is -3.50. The van der Waals surface area contributed by atoms with Crippen molar-refractivity contribution in [2.45, 2.75) is 30.4 Å². The number of sulfone groups is 1. The average molecular weight is 411 g/mol. The van der Waals surface area contributed by atoms with Crippen LogP contribution in [0.4, 0.5) is 0 Å². The Kier molecular flexibility index (Phi) is 5.55. The zero-order chi connectivity index (χ0) is 18.8. The van der Waals surface area contributed by atoms with Gasteiger partial charge in [0.1, 0.15) is 4.75 Å². The molecular formula is C19H19ClO4S2.